The Morgan fingerprint density at radius 3 is 2.68 bits per heavy atom. The fourth-order valence-electron chi connectivity index (χ4n) is 4.63. The number of piperidine rings is 1. The van der Waals surface area contributed by atoms with Crippen molar-refractivity contribution in [1.29, 1.82) is 0 Å². The van der Waals surface area contributed by atoms with E-state index >= 15 is 0 Å². The van der Waals surface area contributed by atoms with Gasteiger partial charge in [-0.1, -0.05) is 19.1 Å². The molecule has 3 atom stereocenters. The van der Waals surface area contributed by atoms with E-state index in [1.807, 2.05) is 13.0 Å². The number of allylic oxidation sites excluding steroid dienone is 1. The van der Waals surface area contributed by atoms with Crippen LogP contribution >= 0.6 is 0 Å². The largest absolute Gasteiger partial charge is 0.381 e. The molecule has 25 heavy (non-hydrogen) atoms. The maximum Gasteiger partial charge on any atom is 0.252 e. The third-order valence-corrected chi connectivity index (χ3v) is 5.73. The summed E-state index contributed by atoms with van der Waals surface area (Å²) in [7, 11) is 0. The van der Waals surface area contributed by atoms with Crippen molar-refractivity contribution in [2.75, 3.05) is 5.32 Å². The van der Waals surface area contributed by atoms with Crippen LogP contribution in [0.3, 0.4) is 0 Å². The quantitative estimate of drug-likeness (QED) is 0.878. The zero-order valence-electron chi connectivity index (χ0n) is 14.5. The highest BCUT2D eigenvalue weighted by atomic mass is 16.2. The summed E-state index contributed by atoms with van der Waals surface area (Å²) in [6, 6.07) is 0.870. The molecule has 0 saturated carbocycles. The minimum absolute atomic E-state index is 0.247. The van der Waals surface area contributed by atoms with Crippen molar-refractivity contribution >= 4 is 23.6 Å². The van der Waals surface area contributed by atoms with Crippen molar-refractivity contribution in [1.82, 2.24) is 9.88 Å². The molecule has 0 aromatic carbocycles. The Balaban J connectivity index is 1.59. The molecule has 2 bridgehead atoms. The number of anilines is 1. The Kier molecular flexibility index (Phi) is 3.98. The van der Waals surface area contributed by atoms with Crippen molar-refractivity contribution < 1.29 is 9.59 Å². The van der Waals surface area contributed by atoms with Crippen LogP contribution in [-0.4, -0.2) is 39.8 Å². The summed E-state index contributed by atoms with van der Waals surface area (Å²) >= 11 is 0. The number of aromatic nitrogens is 1. The van der Waals surface area contributed by atoms with Gasteiger partial charge in [-0.05, 0) is 25.7 Å². The topological polar surface area (TPSA) is 88.3 Å². The lowest BCUT2D eigenvalue weighted by Gasteiger charge is -2.40. The molecule has 6 nitrogen and oxygen atoms in total. The zero-order chi connectivity index (χ0) is 17.6. The summed E-state index contributed by atoms with van der Waals surface area (Å²) in [6.45, 7) is 1.93. The summed E-state index contributed by atoms with van der Waals surface area (Å²) in [5.41, 5.74) is 8.79. The van der Waals surface area contributed by atoms with Crippen LogP contribution in [0, 0.1) is 0 Å². The Bertz CT molecular complexity index is 744. The summed E-state index contributed by atoms with van der Waals surface area (Å²) in [5, 5.41) is 3.58. The Hall–Kier alpha value is -2.37. The third kappa shape index (κ3) is 2.69. The van der Waals surface area contributed by atoms with E-state index in [1.165, 1.54) is 0 Å². The van der Waals surface area contributed by atoms with Gasteiger partial charge in [0.2, 0.25) is 5.91 Å². The minimum atomic E-state index is -0.459. The molecule has 0 spiro atoms. The molecule has 2 amide bonds. The van der Waals surface area contributed by atoms with Gasteiger partial charge < -0.3 is 16.0 Å². The molecule has 2 aliphatic heterocycles. The average Bonchev–Trinajstić information content (AvgIpc) is 3.17. The molecule has 2 saturated heterocycles. The lowest BCUT2D eigenvalue weighted by atomic mass is 9.95. The zero-order valence-corrected chi connectivity index (χ0v) is 14.5. The number of primary amides is 1. The number of hydrogen-bond donors (Lipinski definition) is 2. The van der Waals surface area contributed by atoms with E-state index in [0.717, 1.165) is 49.0 Å². The van der Waals surface area contributed by atoms with Gasteiger partial charge in [0.05, 0.1) is 16.9 Å². The van der Waals surface area contributed by atoms with Gasteiger partial charge >= 0.3 is 0 Å². The molecule has 0 radical (unpaired) electrons. The first-order chi connectivity index (χ1) is 12.1. The fraction of sp³-hybridized carbons (Fsp3) is 0.526. The van der Waals surface area contributed by atoms with E-state index < -0.39 is 5.91 Å². The van der Waals surface area contributed by atoms with Crippen LogP contribution in [0.15, 0.2) is 12.3 Å². The number of rotatable bonds is 4. The van der Waals surface area contributed by atoms with Gasteiger partial charge in [0.1, 0.15) is 0 Å². The van der Waals surface area contributed by atoms with Crippen molar-refractivity contribution in [3.05, 3.63) is 29.1 Å². The van der Waals surface area contributed by atoms with E-state index in [0.29, 0.717) is 24.1 Å². The molecule has 3 N–H and O–H groups in total. The van der Waals surface area contributed by atoms with Crippen molar-refractivity contribution in [2.24, 2.45) is 5.73 Å². The summed E-state index contributed by atoms with van der Waals surface area (Å²) in [5.74, 6) is -0.198. The van der Waals surface area contributed by atoms with Crippen LogP contribution in [0.4, 0.5) is 5.69 Å². The van der Waals surface area contributed by atoms with Gasteiger partial charge in [-0.15, -0.1) is 0 Å². The summed E-state index contributed by atoms with van der Waals surface area (Å²) < 4.78 is 0. The highest BCUT2D eigenvalue weighted by Gasteiger charge is 2.42. The first-order valence-electron chi connectivity index (χ1n) is 9.14. The molecule has 3 aliphatic rings. The number of amides is 2. The maximum absolute atomic E-state index is 12.2. The monoisotopic (exact) mass is 340 g/mol. The Labute approximate surface area is 147 Å². The van der Waals surface area contributed by atoms with Crippen LogP contribution in [0.25, 0.3) is 6.08 Å². The SMILES string of the molecule is CCC(=O)N1[C@@H]2CC[C@H]1CC(Nc1c(C(N)=O)cnc3c1C=CC3)C2. The predicted octanol–water partition coefficient (Wildman–Crippen LogP) is 2.09. The molecule has 3 heterocycles. The van der Waals surface area contributed by atoms with Crippen LogP contribution in [0.5, 0.6) is 0 Å². The molecule has 1 aromatic heterocycles. The van der Waals surface area contributed by atoms with E-state index in [1.54, 1.807) is 6.20 Å². The van der Waals surface area contributed by atoms with Crippen molar-refractivity contribution in [3.63, 3.8) is 0 Å². The number of carbonyl (C=O) groups is 2. The Morgan fingerprint density at radius 1 is 1.32 bits per heavy atom. The lowest BCUT2D eigenvalue weighted by molar-refractivity contribution is -0.135. The summed E-state index contributed by atoms with van der Waals surface area (Å²) in [6.07, 6.45) is 11.0. The van der Waals surface area contributed by atoms with Gasteiger partial charge in [-0.2, -0.15) is 0 Å². The van der Waals surface area contributed by atoms with E-state index in [4.69, 9.17) is 5.73 Å². The minimum Gasteiger partial charge on any atom is -0.381 e. The van der Waals surface area contributed by atoms with Crippen LogP contribution in [0.2, 0.25) is 0 Å². The third-order valence-electron chi connectivity index (χ3n) is 5.73. The van der Waals surface area contributed by atoms with E-state index in [2.05, 4.69) is 21.3 Å². The molecule has 2 fully saturated rings. The van der Waals surface area contributed by atoms with Gasteiger partial charge in [-0.3, -0.25) is 14.6 Å². The first-order valence-corrected chi connectivity index (χ1v) is 9.14. The van der Waals surface area contributed by atoms with Gasteiger partial charge in [0, 0.05) is 42.7 Å². The number of nitrogens with zero attached hydrogens (tertiary/aromatic N) is 2. The number of carbonyl (C=O) groups excluding carboxylic acids is 2. The smallest absolute Gasteiger partial charge is 0.252 e. The molecule has 1 unspecified atom stereocenters. The highest BCUT2D eigenvalue weighted by Crippen LogP contribution is 2.38. The number of hydrogen-bond acceptors (Lipinski definition) is 4. The predicted molar refractivity (Wildman–Crippen MR) is 96.1 cm³/mol. The van der Waals surface area contributed by atoms with Crippen LogP contribution < -0.4 is 11.1 Å². The van der Waals surface area contributed by atoms with E-state index in [9.17, 15) is 9.59 Å². The standard InChI is InChI=1S/C19H24N4O2/c1-2-17(24)23-12-6-7-13(23)9-11(8-12)22-18-14-4-3-5-16(14)21-10-15(18)19(20)25/h3-4,10-13H,2,5-9H2,1H3,(H2,20,25)(H,21,22)/t11?,12-,13+. The molecule has 1 aliphatic carbocycles. The molecule has 132 valence electrons. The average molecular weight is 340 g/mol. The summed E-state index contributed by atoms with van der Waals surface area (Å²) in [4.78, 5) is 30.5. The van der Waals surface area contributed by atoms with Gasteiger partial charge in [0.15, 0.2) is 0 Å². The van der Waals surface area contributed by atoms with E-state index in [-0.39, 0.29) is 11.9 Å². The molecular formula is C19H24N4O2. The van der Waals surface area contributed by atoms with Crippen LogP contribution in [0.1, 0.15) is 60.6 Å². The number of fused-ring (bicyclic) bond motifs is 3. The second kappa shape index (κ2) is 6.17. The molecule has 6 heteroatoms. The first kappa shape index (κ1) is 16.1. The van der Waals surface area contributed by atoms with Gasteiger partial charge in [-0.25, -0.2) is 0 Å². The number of pyridine rings is 1. The number of nitrogens with one attached hydrogen (secondary N) is 1. The molecular weight excluding hydrogens is 316 g/mol. The molecule has 1 aromatic rings. The Morgan fingerprint density at radius 2 is 2.04 bits per heavy atom. The fourth-order valence-corrected chi connectivity index (χ4v) is 4.63. The van der Waals surface area contributed by atoms with Crippen molar-refractivity contribution in [3.8, 4) is 0 Å². The van der Waals surface area contributed by atoms with Gasteiger partial charge in [0.25, 0.3) is 5.91 Å². The highest BCUT2D eigenvalue weighted by molar-refractivity contribution is 6.00. The maximum atomic E-state index is 12.2. The molecule has 4 rings (SSSR count). The number of nitrogens with two attached hydrogens (primary N) is 1. The normalized spacial score (nSPS) is 26.6. The van der Waals surface area contributed by atoms with Crippen molar-refractivity contribution in [2.45, 2.75) is 63.6 Å². The lowest BCUT2D eigenvalue weighted by Crippen LogP contribution is -2.49. The van der Waals surface area contributed by atoms with Crippen LogP contribution in [-0.2, 0) is 11.2 Å². The second-order valence-electron chi connectivity index (χ2n) is 7.23. The second-order valence-corrected chi connectivity index (χ2v) is 7.23.